The third-order valence-corrected chi connectivity index (χ3v) is 4.29. The molecule has 5 heteroatoms. The van der Waals surface area contributed by atoms with Crippen LogP contribution < -0.4 is 4.90 Å². The normalized spacial score (nSPS) is 25.9. The van der Waals surface area contributed by atoms with Crippen molar-refractivity contribution in [1.82, 2.24) is 10.2 Å². The summed E-state index contributed by atoms with van der Waals surface area (Å²) in [4.78, 5) is 2.30. The number of anilines is 1. The molecule has 4 nitrogen and oxygen atoms in total. The van der Waals surface area contributed by atoms with E-state index in [1.54, 1.807) is 0 Å². The highest BCUT2D eigenvalue weighted by atomic mass is 35.5. The number of rotatable bonds is 3. The number of aromatic nitrogens is 2. The standard InChI is InChI=1S/C12H18ClN3O/c13-8-11-14-15-12(17-11)16-7-3-6-10(16)9-4-1-2-5-9/h9-10H,1-8H2. The molecule has 1 aromatic rings. The van der Waals surface area contributed by atoms with Crippen LogP contribution in [-0.2, 0) is 5.88 Å². The molecule has 2 fully saturated rings. The van der Waals surface area contributed by atoms with E-state index in [-0.39, 0.29) is 0 Å². The Kier molecular flexibility index (Phi) is 3.23. The van der Waals surface area contributed by atoms with Gasteiger partial charge in [-0.05, 0) is 31.6 Å². The zero-order valence-electron chi connectivity index (χ0n) is 9.94. The summed E-state index contributed by atoms with van der Waals surface area (Å²) in [5.74, 6) is 1.65. The maximum absolute atomic E-state index is 5.70. The van der Waals surface area contributed by atoms with E-state index in [0.717, 1.165) is 12.5 Å². The Morgan fingerprint density at radius 3 is 2.71 bits per heavy atom. The molecular formula is C12H18ClN3O. The highest BCUT2D eigenvalue weighted by Gasteiger charge is 2.35. The Morgan fingerprint density at radius 1 is 1.18 bits per heavy atom. The second-order valence-electron chi connectivity index (χ2n) is 5.06. The van der Waals surface area contributed by atoms with Crippen LogP contribution in [0.25, 0.3) is 0 Å². The second kappa shape index (κ2) is 4.84. The molecule has 3 rings (SSSR count). The van der Waals surface area contributed by atoms with E-state index in [0.29, 0.717) is 23.8 Å². The van der Waals surface area contributed by atoms with Gasteiger partial charge in [0.15, 0.2) is 0 Å². The Hall–Kier alpha value is -0.770. The summed E-state index contributed by atoms with van der Waals surface area (Å²) in [5, 5.41) is 8.07. The molecule has 0 amide bonds. The van der Waals surface area contributed by atoms with Crippen LogP contribution in [0.15, 0.2) is 4.42 Å². The second-order valence-corrected chi connectivity index (χ2v) is 5.33. The quantitative estimate of drug-likeness (QED) is 0.779. The van der Waals surface area contributed by atoms with Gasteiger partial charge in [-0.2, -0.15) is 0 Å². The lowest BCUT2D eigenvalue weighted by Crippen LogP contribution is -2.34. The predicted octanol–water partition coefficient (Wildman–Crippen LogP) is 2.97. The van der Waals surface area contributed by atoms with Crippen LogP contribution in [0.4, 0.5) is 6.01 Å². The zero-order chi connectivity index (χ0) is 11.7. The van der Waals surface area contributed by atoms with Crippen LogP contribution in [-0.4, -0.2) is 22.8 Å². The fourth-order valence-electron chi connectivity index (χ4n) is 3.28. The Labute approximate surface area is 106 Å². The molecule has 0 spiro atoms. The monoisotopic (exact) mass is 255 g/mol. The fraction of sp³-hybridized carbons (Fsp3) is 0.833. The fourth-order valence-corrected chi connectivity index (χ4v) is 3.39. The van der Waals surface area contributed by atoms with Gasteiger partial charge in [0.2, 0.25) is 5.89 Å². The molecule has 0 radical (unpaired) electrons. The summed E-state index contributed by atoms with van der Waals surface area (Å²) in [6, 6.07) is 1.29. The lowest BCUT2D eigenvalue weighted by atomic mass is 9.96. The van der Waals surface area contributed by atoms with Crippen LogP contribution in [0.2, 0.25) is 0 Å². The minimum Gasteiger partial charge on any atom is -0.407 e. The molecule has 2 heterocycles. The van der Waals surface area contributed by atoms with Crippen LogP contribution in [0.3, 0.4) is 0 Å². The maximum atomic E-state index is 5.70. The van der Waals surface area contributed by atoms with Gasteiger partial charge in [-0.3, -0.25) is 0 Å². The highest BCUT2D eigenvalue weighted by Crippen LogP contribution is 2.37. The Balaban J connectivity index is 1.76. The summed E-state index contributed by atoms with van der Waals surface area (Å²) >= 11 is 5.70. The molecule has 0 bridgehead atoms. The number of halogens is 1. The van der Waals surface area contributed by atoms with Crippen LogP contribution in [0, 0.1) is 5.92 Å². The first-order chi connectivity index (χ1) is 8.38. The molecule has 94 valence electrons. The maximum Gasteiger partial charge on any atom is 0.318 e. The van der Waals surface area contributed by atoms with Crippen LogP contribution in [0.5, 0.6) is 0 Å². The highest BCUT2D eigenvalue weighted by molar-refractivity contribution is 6.16. The van der Waals surface area contributed by atoms with Crippen LogP contribution in [0.1, 0.15) is 44.4 Å². The van der Waals surface area contributed by atoms with Gasteiger partial charge in [0, 0.05) is 12.6 Å². The van der Waals surface area contributed by atoms with Crippen molar-refractivity contribution in [3.63, 3.8) is 0 Å². The predicted molar refractivity (Wildman–Crippen MR) is 66.2 cm³/mol. The SMILES string of the molecule is ClCc1nnc(N2CCCC2C2CCCC2)o1. The van der Waals surface area contributed by atoms with E-state index in [4.69, 9.17) is 16.0 Å². The molecule has 1 aliphatic carbocycles. The number of nitrogens with zero attached hydrogens (tertiary/aromatic N) is 3. The van der Waals surface area contributed by atoms with E-state index >= 15 is 0 Å². The van der Waals surface area contributed by atoms with Crippen molar-refractivity contribution in [2.24, 2.45) is 5.92 Å². The van der Waals surface area contributed by atoms with E-state index in [2.05, 4.69) is 15.1 Å². The van der Waals surface area contributed by atoms with E-state index in [1.165, 1.54) is 38.5 Å². The molecule has 17 heavy (non-hydrogen) atoms. The Bertz CT molecular complexity index is 376. The van der Waals surface area contributed by atoms with Gasteiger partial charge in [-0.25, -0.2) is 0 Å². The van der Waals surface area contributed by atoms with Crippen molar-refractivity contribution in [2.45, 2.75) is 50.4 Å². The third-order valence-electron chi connectivity index (χ3n) is 4.06. The van der Waals surface area contributed by atoms with Gasteiger partial charge in [0.1, 0.15) is 5.88 Å². The molecule has 1 aliphatic heterocycles. The van der Waals surface area contributed by atoms with Gasteiger partial charge in [-0.15, -0.1) is 16.7 Å². The lowest BCUT2D eigenvalue weighted by molar-refractivity contribution is 0.405. The average molecular weight is 256 g/mol. The van der Waals surface area contributed by atoms with Crippen molar-refractivity contribution in [3.8, 4) is 0 Å². The zero-order valence-corrected chi connectivity index (χ0v) is 10.7. The molecule has 1 unspecified atom stereocenters. The first-order valence-electron chi connectivity index (χ1n) is 6.53. The van der Waals surface area contributed by atoms with Gasteiger partial charge in [0.25, 0.3) is 0 Å². The summed E-state index contributed by atoms with van der Waals surface area (Å²) in [6.45, 7) is 1.05. The van der Waals surface area contributed by atoms with Gasteiger partial charge >= 0.3 is 6.01 Å². The van der Waals surface area contributed by atoms with Crippen molar-refractivity contribution in [2.75, 3.05) is 11.4 Å². The molecule has 1 aromatic heterocycles. The van der Waals surface area contributed by atoms with Crippen molar-refractivity contribution in [1.29, 1.82) is 0 Å². The van der Waals surface area contributed by atoms with Crippen molar-refractivity contribution < 1.29 is 4.42 Å². The first-order valence-corrected chi connectivity index (χ1v) is 7.07. The lowest BCUT2D eigenvalue weighted by Gasteiger charge is -2.27. The minimum absolute atomic E-state index is 0.301. The number of hydrogen-bond acceptors (Lipinski definition) is 4. The summed E-state index contributed by atoms with van der Waals surface area (Å²) in [6.07, 6.45) is 7.98. The first kappa shape index (κ1) is 11.3. The van der Waals surface area contributed by atoms with Crippen molar-refractivity contribution >= 4 is 17.6 Å². The molecule has 1 saturated heterocycles. The van der Waals surface area contributed by atoms with Gasteiger partial charge in [-0.1, -0.05) is 17.9 Å². The minimum atomic E-state index is 0.301. The average Bonchev–Trinajstić information content (AvgIpc) is 3.09. The largest absolute Gasteiger partial charge is 0.407 e. The number of hydrogen-bond donors (Lipinski definition) is 0. The van der Waals surface area contributed by atoms with Crippen molar-refractivity contribution in [3.05, 3.63) is 5.89 Å². The third kappa shape index (κ3) is 2.15. The summed E-state index contributed by atoms with van der Waals surface area (Å²) in [5.41, 5.74) is 0. The molecule has 1 saturated carbocycles. The van der Waals surface area contributed by atoms with E-state index in [9.17, 15) is 0 Å². The topological polar surface area (TPSA) is 42.2 Å². The summed E-state index contributed by atoms with van der Waals surface area (Å²) < 4.78 is 5.58. The smallest absolute Gasteiger partial charge is 0.318 e. The molecule has 0 aromatic carbocycles. The number of alkyl halides is 1. The Morgan fingerprint density at radius 2 is 2.00 bits per heavy atom. The van der Waals surface area contributed by atoms with E-state index in [1.807, 2.05) is 0 Å². The summed E-state index contributed by atoms with van der Waals surface area (Å²) in [7, 11) is 0. The van der Waals surface area contributed by atoms with Gasteiger partial charge in [0.05, 0.1) is 0 Å². The molecule has 1 atom stereocenters. The van der Waals surface area contributed by atoms with Gasteiger partial charge < -0.3 is 9.32 Å². The molecule has 2 aliphatic rings. The van der Waals surface area contributed by atoms with E-state index < -0.39 is 0 Å². The van der Waals surface area contributed by atoms with Crippen LogP contribution >= 0.6 is 11.6 Å². The molecule has 0 N–H and O–H groups in total. The molecular weight excluding hydrogens is 238 g/mol.